The molecule has 1 atom stereocenters. The van der Waals surface area contributed by atoms with Crippen LogP contribution in [0.1, 0.15) is 12.5 Å². The summed E-state index contributed by atoms with van der Waals surface area (Å²) in [5.41, 5.74) is -3.19. The first-order chi connectivity index (χ1) is 9.52. The van der Waals surface area contributed by atoms with Crippen LogP contribution in [0.3, 0.4) is 0 Å². The van der Waals surface area contributed by atoms with Gasteiger partial charge >= 0.3 is 18.2 Å². The Hall–Kier alpha value is -2.36. The highest BCUT2D eigenvalue weighted by Gasteiger charge is 2.31. The van der Waals surface area contributed by atoms with E-state index in [1.165, 1.54) is 0 Å². The number of aliphatic hydroxyl groups is 1. The number of pyridine rings is 1. The Balaban J connectivity index is 2.66. The lowest BCUT2D eigenvalue weighted by Gasteiger charge is -2.18. The Morgan fingerprint density at radius 3 is 2.52 bits per heavy atom. The number of rotatable bonds is 4. The number of hydrogen-bond acceptors (Lipinski definition) is 4. The molecule has 7 nitrogen and oxygen atoms in total. The first-order valence-corrected chi connectivity index (χ1v) is 5.56. The number of aromatic nitrogens is 1. The average Bonchev–Trinajstić information content (AvgIpc) is 2.35. The Morgan fingerprint density at radius 2 is 2.00 bits per heavy atom. The second-order valence-corrected chi connectivity index (χ2v) is 4.31. The van der Waals surface area contributed by atoms with Crippen LogP contribution in [0.2, 0.25) is 0 Å². The minimum Gasteiger partial charge on any atom is -0.479 e. The number of carbonyl (C=O) groups is 2. The van der Waals surface area contributed by atoms with Crippen molar-refractivity contribution in [1.82, 2.24) is 10.3 Å². The zero-order chi connectivity index (χ0) is 16.3. The van der Waals surface area contributed by atoms with Crippen molar-refractivity contribution in [2.45, 2.75) is 18.7 Å². The number of urea groups is 1. The first-order valence-electron chi connectivity index (χ1n) is 5.56. The Kier molecular flexibility index (Phi) is 4.73. The smallest absolute Gasteiger partial charge is 0.416 e. The number of carboxylic acid groups (broad SMARTS) is 1. The van der Waals surface area contributed by atoms with Crippen LogP contribution in [0, 0.1) is 0 Å². The molecule has 0 aliphatic carbocycles. The summed E-state index contributed by atoms with van der Waals surface area (Å²) in [6, 6.07) is 0.357. The minimum absolute atomic E-state index is 0.364. The number of amides is 2. The van der Waals surface area contributed by atoms with Gasteiger partial charge in [-0.1, -0.05) is 0 Å². The van der Waals surface area contributed by atoms with Gasteiger partial charge in [0.25, 0.3) is 0 Å². The van der Waals surface area contributed by atoms with E-state index in [0.29, 0.717) is 6.07 Å². The molecule has 0 aromatic carbocycles. The third kappa shape index (κ3) is 4.91. The molecule has 0 aliphatic rings. The number of alkyl halides is 3. The van der Waals surface area contributed by atoms with Gasteiger partial charge in [-0.05, 0) is 19.1 Å². The van der Waals surface area contributed by atoms with Gasteiger partial charge in [-0.25, -0.2) is 14.6 Å². The van der Waals surface area contributed by atoms with E-state index in [9.17, 15) is 27.9 Å². The molecule has 1 rings (SSSR count). The maximum Gasteiger partial charge on any atom is 0.416 e. The van der Waals surface area contributed by atoms with Crippen LogP contribution in [0.5, 0.6) is 0 Å². The summed E-state index contributed by atoms with van der Waals surface area (Å²) in [4.78, 5) is 25.5. The number of nitrogens with one attached hydrogen (secondary N) is 2. The summed E-state index contributed by atoms with van der Waals surface area (Å²) in [6.07, 6.45) is -3.71. The topological polar surface area (TPSA) is 112 Å². The lowest BCUT2D eigenvalue weighted by atomic mass is 10.1. The van der Waals surface area contributed by atoms with Crippen molar-refractivity contribution in [3.63, 3.8) is 0 Å². The summed E-state index contributed by atoms with van der Waals surface area (Å²) in [7, 11) is 0. The van der Waals surface area contributed by atoms with Crippen molar-refractivity contribution < 1.29 is 33.0 Å². The SMILES string of the molecule is CC(O)(CNC(=O)Nc1cc(C(F)(F)F)ccn1)C(=O)O. The number of halogens is 3. The summed E-state index contributed by atoms with van der Waals surface area (Å²) in [5.74, 6) is -1.92. The van der Waals surface area contributed by atoms with Crippen LogP contribution in [0.15, 0.2) is 18.3 Å². The molecule has 0 fully saturated rings. The zero-order valence-electron chi connectivity index (χ0n) is 10.7. The standard InChI is InChI=1S/C11H12F3N3O4/c1-10(21,8(18)19)5-16-9(20)17-7-4-6(2-3-15-7)11(12,13)14/h2-4,21H,5H2,1H3,(H,18,19)(H2,15,16,17,20). The van der Waals surface area contributed by atoms with Gasteiger partial charge in [0, 0.05) is 6.20 Å². The number of carbonyl (C=O) groups excluding carboxylic acids is 1. The van der Waals surface area contributed by atoms with E-state index in [1.54, 1.807) is 0 Å². The van der Waals surface area contributed by atoms with Crippen LogP contribution >= 0.6 is 0 Å². The van der Waals surface area contributed by atoms with E-state index < -0.39 is 35.9 Å². The van der Waals surface area contributed by atoms with Crippen LogP contribution < -0.4 is 10.6 Å². The number of nitrogens with zero attached hydrogens (tertiary/aromatic N) is 1. The predicted molar refractivity (Wildman–Crippen MR) is 64.5 cm³/mol. The monoisotopic (exact) mass is 307 g/mol. The number of hydrogen-bond donors (Lipinski definition) is 4. The van der Waals surface area contributed by atoms with E-state index in [1.807, 2.05) is 10.6 Å². The highest BCUT2D eigenvalue weighted by molar-refractivity contribution is 5.89. The highest BCUT2D eigenvalue weighted by atomic mass is 19.4. The lowest BCUT2D eigenvalue weighted by molar-refractivity contribution is -0.155. The van der Waals surface area contributed by atoms with Crippen molar-refractivity contribution in [1.29, 1.82) is 0 Å². The molecule has 1 unspecified atom stereocenters. The van der Waals surface area contributed by atoms with E-state index in [4.69, 9.17) is 5.11 Å². The molecule has 0 saturated heterocycles. The van der Waals surface area contributed by atoms with E-state index >= 15 is 0 Å². The maximum absolute atomic E-state index is 12.4. The Bertz CT molecular complexity index is 546. The molecule has 0 saturated carbocycles. The van der Waals surface area contributed by atoms with Crippen LogP contribution in [-0.2, 0) is 11.0 Å². The summed E-state index contributed by atoms with van der Waals surface area (Å²) >= 11 is 0. The second kappa shape index (κ2) is 5.95. The normalized spacial score (nSPS) is 14.1. The molecule has 0 aliphatic heterocycles. The molecule has 21 heavy (non-hydrogen) atoms. The van der Waals surface area contributed by atoms with Gasteiger partial charge in [-0.2, -0.15) is 13.2 Å². The number of carboxylic acids is 1. The molecular weight excluding hydrogens is 295 g/mol. The third-order valence-electron chi connectivity index (χ3n) is 2.38. The molecule has 1 heterocycles. The molecule has 4 N–H and O–H groups in total. The fourth-order valence-electron chi connectivity index (χ4n) is 1.16. The lowest BCUT2D eigenvalue weighted by Crippen LogP contribution is -2.47. The van der Waals surface area contributed by atoms with Gasteiger partial charge < -0.3 is 15.5 Å². The van der Waals surface area contributed by atoms with Crippen LogP contribution in [0.25, 0.3) is 0 Å². The molecule has 0 radical (unpaired) electrons. The van der Waals surface area contributed by atoms with Gasteiger partial charge in [0.05, 0.1) is 12.1 Å². The highest BCUT2D eigenvalue weighted by Crippen LogP contribution is 2.29. The van der Waals surface area contributed by atoms with Crippen LogP contribution in [0.4, 0.5) is 23.8 Å². The molecule has 0 bridgehead atoms. The van der Waals surface area contributed by atoms with Gasteiger partial charge in [-0.15, -0.1) is 0 Å². The van der Waals surface area contributed by atoms with Gasteiger partial charge in [0.2, 0.25) is 0 Å². The van der Waals surface area contributed by atoms with Crippen molar-refractivity contribution in [2.75, 3.05) is 11.9 Å². The van der Waals surface area contributed by atoms with Crippen molar-refractivity contribution in [2.24, 2.45) is 0 Å². The third-order valence-corrected chi connectivity index (χ3v) is 2.38. The predicted octanol–water partition coefficient (Wildman–Crippen LogP) is 1.06. The second-order valence-electron chi connectivity index (χ2n) is 4.31. The molecule has 2 amide bonds. The summed E-state index contributed by atoms with van der Waals surface area (Å²) in [6.45, 7) is 0.325. The van der Waals surface area contributed by atoms with Gasteiger partial charge in [0.1, 0.15) is 5.82 Å². The van der Waals surface area contributed by atoms with E-state index in [-0.39, 0.29) is 5.82 Å². The molecule has 1 aromatic rings. The summed E-state index contributed by atoms with van der Waals surface area (Å²) < 4.78 is 37.3. The Labute approximate surface area is 116 Å². The minimum atomic E-state index is -4.58. The molecule has 0 spiro atoms. The molecule has 116 valence electrons. The molecule has 1 aromatic heterocycles. The summed E-state index contributed by atoms with van der Waals surface area (Å²) in [5, 5.41) is 22.0. The molecular formula is C11H12F3N3O4. The van der Waals surface area contributed by atoms with Crippen LogP contribution in [-0.4, -0.2) is 39.3 Å². The molecule has 10 heteroatoms. The number of aliphatic carboxylic acids is 1. The van der Waals surface area contributed by atoms with E-state index in [2.05, 4.69) is 4.98 Å². The van der Waals surface area contributed by atoms with E-state index in [0.717, 1.165) is 19.2 Å². The zero-order valence-corrected chi connectivity index (χ0v) is 10.7. The van der Waals surface area contributed by atoms with Crippen molar-refractivity contribution in [3.8, 4) is 0 Å². The average molecular weight is 307 g/mol. The van der Waals surface area contributed by atoms with Crippen molar-refractivity contribution >= 4 is 17.8 Å². The quantitative estimate of drug-likeness (QED) is 0.664. The fraction of sp³-hybridized carbons (Fsp3) is 0.364. The number of anilines is 1. The Morgan fingerprint density at radius 1 is 1.38 bits per heavy atom. The first kappa shape index (κ1) is 16.7. The van der Waals surface area contributed by atoms with Gasteiger partial charge in [-0.3, -0.25) is 5.32 Å². The fourth-order valence-corrected chi connectivity index (χ4v) is 1.16. The van der Waals surface area contributed by atoms with Crippen molar-refractivity contribution in [3.05, 3.63) is 23.9 Å². The largest absolute Gasteiger partial charge is 0.479 e. The maximum atomic E-state index is 12.4. The van der Waals surface area contributed by atoms with Gasteiger partial charge in [0.15, 0.2) is 5.60 Å².